The van der Waals surface area contributed by atoms with Gasteiger partial charge in [-0.1, -0.05) is 32.9 Å². The van der Waals surface area contributed by atoms with Crippen LogP contribution in [-0.4, -0.2) is 28.7 Å². The Morgan fingerprint density at radius 2 is 1.88 bits per heavy atom. The average Bonchev–Trinajstić information content (AvgIpc) is 3.25. The topological polar surface area (TPSA) is 66.5 Å². The molecule has 2 fully saturated rings. The summed E-state index contributed by atoms with van der Waals surface area (Å²) in [7, 11) is 0. The molecule has 1 unspecified atom stereocenters. The van der Waals surface area contributed by atoms with Gasteiger partial charge in [0.25, 0.3) is 5.91 Å². The molecule has 2 aliphatic heterocycles. The Hall–Kier alpha value is -2.17. The number of carbonyl (C=O) groups is 3. The van der Waals surface area contributed by atoms with Gasteiger partial charge in [-0.2, -0.15) is 0 Å². The van der Waals surface area contributed by atoms with E-state index in [1.165, 1.54) is 5.56 Å². The molecule has 3 amide bonds. The van der Waals surface area contributed by atoms with E-state index in [0.29, 0.717) is 18.4 Å². The Morgan fingerprint density at radius 1 is 1.17 bits per heavy atom. The zero-order valence-electron chi connectivity index (χ0n) is 14.3. The van der Waals surface area contributed by atoms with Gasteiger partial charge in [-0.05, 0) is 41.9 Å². The summed E-state index contributed by atoms with van der Waals surface area (Å²) in [6, 6.07) is 5.53. The van der Waals surface area contributed by atoms with E-state index >= 15 is 0 Å². The highest BCUT2D eigenvalue weighted by molar-refractivity contribution is 6.06. The molecular formula is C19H22N2O3. The number of hydrogen-bond donors (Lipinski definition) is 1. The largest absolute Gasteiger partial charge is 0.317 e. The quantitative estimate of drug-likeness (QED) is 0.805. The van der Waals surface area contributed by atoms with Gasteiger partial charge in [-0.3, -0.25) is 19.7 Å². The molecule has 4 rings (SSSR count). The molecule has 1 aromatic rings. The summed E-state index contributed by atoms with van der Waals surface area (Å²) >= 11 is 0. The van der Waals surface area contributed by atoms with Crippen molar-refractivity contribution in [3.63, 3.8) is 0 Å². The Labute approximate surface area is 141 Å². The van der Waals surface area contributed by atoms with Gasteiger partial charge in [-0.15, -0.1) is 0 Å². The second-order valence-corrected chi connectivity index (χ2v) is 8.18. The lowest BCUT2D eigenvalue weighted by atomic mass is 9.84. The van der Waals surface area contributed by atoms with Crippen LogP contribution >= 0.6 is 0 Å². The maximum atomic E-state index is 13.0. The van der Waals surface area contributed by atoms with E-state index in [1.807, 2.05) is 12.1 Å². The Balaban J connectivity index is 1.76. The van der Waals surface area contributed by atoms with E-state index in [-0.39, 0.29) is 28.7 Å². The minimum Gasteiger partial charge on any atom is -0.317 e. The van der Waals surface area contributed by atoms with Crippen molar-refractivity contribution in [1.82, 2.24) is 10.2 Å². The number of carbonyl (C=O) groups excluding carboxylic acids is 3. The summed E-state index contributed by atoms with van der Waals surface area (Å²) in [6.07, 6.45) is 2.48. The van der Waals surface area contributed by atoms with Gasteiger partial charge in [-0.25, -0.2) is 0 Å². The van der Waals surface area contributed by atoms with E-state index < -0.39 is 6.04 Å². The highest BCUT2D eigenvalue weighted by Gasteiger charge is 2.61. The number of nitrogens with zero attached hydrogens (tertiary/aromatic N) is 1. The lowest BCUT2D eigenvalue weighted by molar-refractivity contribution is -0.137. The first-order chi connectivity index (χ1) is 11.2. The third-order valence-corrected chi connectivity index (χ3v) is 5.54. The minimum atomic E-state index is -0.539. The molecule has 24 heavy (non-hydrogen) atoms. The first kappa shape index (κ1) is 15.4. The number of amides is 3. The number of piperidine rings is 1. The van der Waals surface area contributed by atoms with E-state index in [1.54, 1.807) is 4.90 Å². The standard InChI is InChI=1S/C19H22N2O3/c1-18(2,3)11-4-5-12-13(10-11)19(8-9-19)21(17(12)24)14-6-7-15(22)20-16(14)23/h4-5,10,14H,6-9H2,1-3H3,(H,20,22,23). The van der Waals surface area contributed by atoms with Gasteiger partial charge < -0.3 is 4.90 Å². The molecule has 0 aromatic heterocycles. The zero-order valence-corrected chi connectivity index (χ0v) is 14.3. The monoisotopic (exact) mass is 326 g/mol. The Bertz CT molecular complexity index is 771. The van der Waals surface area contributed by atoms with E-state index in [2.05, 4.69) is 32.2 Å². The number of hydrogen-bond acceptors (Lipinski definition) is 3. The third kappa shape index (κ3) is 2.03. The van der Waals surface area contributed by atoms with E-state index in [0.717, 1.165) is 18.4 Å². The molecule has 0 bridgehead atoms. The van der Waals surface area contributed by atoms with Crippen LogP contribution in [0.25, 0.3) is 0 Å². The normalized spacial score (nSPS) is 25.0. The van der Waals surface area contributed by atoms with Crippen molar-refractivity contribution < 1.29 is 14.4 Å². The Morgan fingerprint density at radius 3 is 2.46 bits per heavy atom. The van der Waals surface area contributed by atoms with Crippen molar-refractivity contribution in [2.45, 2.75) is 63.5 Å². The fourth-order valence-electron chi connectivity index (χ4n) is 4.03. The average molecular weight is 326 g/mol. The van der Waals surface area contributed by atoms with Gasteiger partial charge >= 0.3 is 0 Å². The van der Waals surface area contributed by atoms with Gasteiger partial charge in [0.1, 0.15) is 6.04 Å². The lowest BCUT2D eigenvalue weighted by Crippen LogP contribution is -2.55. The molecular weight excluding hydrogens is 304 g/mol. The summed E-state index contributed by atoms with van der Waals surface area (Å²) in [5.41, 5.74) is 2.65. The maximum absolute atomic E-state index is 13.0. The zero-order chi connectivity index (χ0) is 17.3. The predicted molar refractivity (Wildman–Crippen MR) is 88.4 cm³/mol. The molecule has 1 aliphatic carbocycles. The lowest BCUT2D eigenvalue weighted by Gasteiger charge is -2.34. The van der Waals surface area contributed by atoms with Crippen molar-refractivity contribution in [3.05, 3.63) is 34.9 Å². The second-order valence-electron chi connectivity index (χ2n) is 8.18. The van der Waals surface area contributed by atoms with Crippen LogP contribution in [0.2, 0.25) is 0 Å². The highest BCUT2D eigenvalue weighted by atomic mass is 16.2. The summed E-state index contributed by atoms with van der Waals surface area (Å²) in [5, 5.41) is 2.38. The SMILES string of the molecule is CC(C)(C)c1ccc2c(c1)C1(CC1)N(C1CCC(=O)NC1=O)C2=O. The molecule has 0 radical (unpaired) electrons. The van der Waals surface area contributed by atoms with Crippen LogP contribution in [0.4, 0.5) is 0 Å². The smallest absolute Gasteiger partial charge is 0.255 e. The summed E-state index contributed by atoms with van der Waals surface area (Å²) < 4.78 is 0. The minimum absolute atomic E-state index is 0.0101. The Kier molecular flexibility index (Phi) is 3.00. The van der Waals surface area contributed by atoms with Crippen LogP contribution in [0.15, 0.2) is 18.2 Å². The van der Waals surface area contributed by atoms with Crippen molar-refractivity contribution in [3.8, 4) is 0 Å². The summed E-state index contributed by atoms with van der Waals surface area (Å²) in [5.74, 6) is -0.660. The molecule has 1 saturated heterocycles. The molecule has 3 aliphatic rings. The number of rotatable bonds is 1. The summed E-state index contributed by atoms with van der Waals surface area (Å²) in [4.78, 5) is 38.5. The van der Waals surface area contributed by atoms with Crippen LogP contribution in [0, 0.1) is 0 Å². The molecule has 1 atom stereocenters. The number of fused-ring (bicyclic) bond motifs is 2. The first-order valence-electron chi connectivity index (χ1n) is 8.56. The predicted octanol–water partition coefficient (Wildman–Crippen LogP) is 2.23. The van der Waals surface area contributed by atoms with Crippen LogP contribution in [0.1, 0.15) is 67.9 Å². The molecule has 1 aromatic carbocycles. The van der Waals surface area contributed by atoms with Crippen LogP contribution in [0.3, 0.4) is 0 Å². The second kappa shape index (κ2) is 4.68. The highest BCUT2D eigenvalue weighted by Crippen LogP contribution is 2.58. The fraction of sp³-hybridized carbons (Fsp3) is 0.526. The van der Waals surface area contributed by atoms with Gasteiger partial charge in [0, 0.05) is 12.0 Å². The third-order valence-electron chi connectivity index (χ3n) is 5.54. The van der Waals surface area contributed by atoms with Gasteiger partial charge in [0.15, 0.2) is 0 Å². The molecule has 1 N–H and O–H groups in total. The summed E-state index contributed by atoms with van der Waals surface area (Å²) in [6.45, 7) is 6.47. The van der Waals surface area contributed by atoms with Crippen molar-refractivity contribution in [2.75, 3.05) is 0 Å². The molecule has 2 heterocycles. The van der Waals surface area contributed by atoms with Crippen molar-refractivity contribution in [2.24, 2.45) is 0 Å². The number of imide groups is 1. The van der Waals surface area contributed by atoms with Crippen LogP contribution in [0.5, 0.6) is 0 Å². The van der Waals surface area contributed by atoms with Crippen molar-refractivity contribution >= 4 is 17.7 Å². The van der Waals surface area contributed by atoms with Gasteiger partial charge in [0.05, 0.1) is 5.54 Å². The molecule has 1 spiro atoms. The van der Waals surface area contributed by atoms with Crippen molar-refractivity contribution in [1.29, 1.82) is 0 Å². The molecule has 5 nitrogen and oxygen atoms in total. The van der Waals surface area contributed by atoms with Crippen LogP contribution < -0.4 is 5.32 Å². The van der Waals surface area contributed by atoms with Crippen LogP contribution in [-0.2, 0) is 20.5 Å². The first-order valence-corrected chi connectivity index (χ1v) is 8.56. The van der Waals surface area contributed by atoms with E-state index in [9.17, 15) is 14.4 Å². The molecule has 1 saturated carbocycles. The fourth-order valence-corrected chi connectivity index (χ4v) is 4.03. The van der Waals surface area contributed by atoms with Gasteiger partial charge in [0.2, 0.25) is 11.8 Å². The number of benzene rings is 1. The molecule has 5 heteroatoms. The maximum Gasteiger partial charge on any atom is 0.255 e. The number of nitrogens with one attached hydrogen (secondary N) is 1. The van der Waals surface area contributed by atoms with E-state index in [4.69, 9.17) is 0 Å². The molecule has 126 valence electrons.